The molecular formula is C49H85NO5. The van der Waals surface area contributed by atoms with Crippen molar-refractivity contribution in [3.05, 3.63) is 35.9 Å². The molecule has 0 bridgehead atoms. The van der Waals surface area contributed by atoms with Crippen molar-refractivity contribution in [2.75, 3.05) is 20.6 Å². The lowest BCUT2D eigenvalue weighted by Gasteiger charge is -2.63. The number of carboxylic acid groups (broad SMARTS) is 1. The monoisotopic (exact) mass is 768 g/mol. The van der Waals surface area contributed by atoms with E-state index in [2.05, 4.69) is 72.1 Å². The highest BCUT2D eigenvalue weighted by Gasteiger charge is 2.65. The Morgan fingerprint density at radius 2 is 1.38 bits per heavy atom. The summed E-state index contributed by atoms with van der Waals surface area (Å²) in [6, 6.07) is 10.9. The molecule has 4 fully saturated rings. The van der Waals surface area contributed by atoms with Crippen LogP contribution in [0.4, 0.5) is 0 Å². The maximum atomic E-state index is 11.5. The van der Waals surface area contributed by atoms with Crippen LogP contribution in [-0.2, 0) is 11.3 Å². The number of aliphatic hydroxyl groups is 3. The molecule has 11 atom stereocenters. The molecule has 316 valence electrons. The van der Waals surface area contributed by atoms with Gasteiger partial charge in [0.15, 0.2) is 0 Å². The summed E-state index contributed by atoms with van der Waals surface area (Å²) in [4.78, 5) is 11.0. The van der Waals surface area contributed by atoms with Crippen LogP contribution in [0.5, 0.6) is 0 Å². The first-order valence-electron chi connectivity index (χ1n) is 23.3. The molecule has 6 nitrogen and oxygen atoms in total. The maximum absolute atomic E-state index is 11.5. The Morgan fingerprint density at radius 3 is 1.96 bits per heavy atom. The van der Waals surface area contributed by atoms with Crippen LogP contribution in [0.3, 0.4) is 0 Å². The molecule has 1 aromatic carbocycles. The second kappa shape index (κ2) is 22.1. The summed E-state index contributed by atoms with van der Waals surface area (Å²) < 4.78 is 1.11. The van der Waals surface area contributed by atoms with Gasteiger partial charge in [0.1, 0.15) is 6.54 Å². The number of carbonyl (C=O) groups excluding carboxylic acids is 1. The summed E-state index contributed by atoms with van der Waals surface area (Å²) in [6.07, 6.45) is 25.9. The Labute approximate surface area is 337 Å². The molecule has 0 heterocycles. The van der Waals surface area contributed by atoms with Crippen LogP contribution >= 0.6 is 0 Å². The average molecular weight is 768 g/mol. The van der Waals surface area contributed by atoms with Gasteiger partial charge in [0, 0.05) is 11.5 Å². The molecular weight excluding hydrogens is 683 g/mol. The molecule has 4 aliphatic rings. The van der Waals surface area contributed by atoms with E-state index in [1.807, 2.05) is 0 Å². The van der Waals surface area contributed by atoms with E-state index in [0.717, 1.165) is 56.0 Å². The van der Waals surface area contributed by atoms with Crippen molar-refractivity contribution in [2.24, 2.45) is 46.3 Å². The number of hydrogen-bond acceptors (Lipinski definition) is 5. The van der Waals surface area contributed by atoms with Gasteiger partial charge in [-0.2, -0.15) is 0 Å². The van der Waals surface area contributed by atoms with Gasteiger partial charge in [-0.15, -0.1) is 0 Å². The first-order valence-corrected chi connectivity index (χ1v) is 23.3. The van der Waals surface area contributed by atoms with Gasteiger partial charge in [-0.1, -0.05) is 135 Å². The molecule has 5 rings (SSSR count). The van der Waals surface area contributed by atoms with Crippen LogP contribution < -0.4 is 5.11 Å². The third-order valence-electron chi connectivity index (χ3n) is 15.9. The van der Waals surface area contributed by atoms with E-state index >= 15 is 0 Å². The maximum Gasteiger partial charge on any atom is 0.104 e. The summed E-state index contributed by atoms with van der Waals surface area (Å²) >= 11 is 0. The second-order valence-electron chi connectivity index (χ2n) is 20.3. The van der Waals surface area contributed by atoms with Gasteiger partial charge in [0.05, 0.1) is 39.0 Å². The Hall–Kier alpha value is -1.47. The number of unbranched alkanes of at least 4 members (excludes halogenated alkanes) is 13. The van der Waals surface area contributed by atoms with Gasteiger partial charge >= 0.3 is 0 Å². The lowest BCUT2D eigenvalue weighted by atomic mass is 9.43. The van der Waals surface area contributed by atoms with Crippen molar-refractivity contribution in [1.29, 1.82) is 0 Å². The Kier molecular flexibility index (Phi) is 18.5. The van der Waals surface area contributed by atoms with Gasteiger partial charge in [-0.05, 0) is 117 Å². The highest BCUT2D eigenvalue weighted by atomic mass is 16.4. The topological polar surface area (TPSA) is 101 Å². The van der Waals surface area contributed by atoms with E-state index in [1.54, 1.807) is 0 Å². The molecule has 55 heavy (non-hydrogen) atoms. The van der Waals surface area contributed by atoms with Crippen molar-refractivity contribution in [1.82, 2.24) is 0 Å². The van der Waals surface area contributed by atoms with Crippen molar-refractivity contribution < 1.29 is 29.7 Å². The SMILES string of the molecule is CCCCCCCCCCCCCCCC[N+](C)(C)Cc1ccccc1.C[C@H](CCC(=O)[O-])[C@H]1CCC2C3C(O)C[C@@H]4C[C@H](O)CC[C@]4(C)C3C[C@H](O)[C@@]21C. The van der Waals surface area contributed by atoms with Crippen LogP contribution in [0.25, 0.3) is 0 Å². The van der Waals surface area contributed by atoms with Crippen molar-refractivity contribution in [2.45, 2.75) is 200 Å². The summed E-state index contributed by atoms with van der Waals surface area (Å²) in [6.45, 7) is 11.4. The molecule has 4 aliphatic carbocycles. The molecule has 0 aliphatic heterocycles. The number of aliphatic carboxylic acids is 1. The largest absolute Gasteiger partial charge is 0.550 e. The molecule has 6 heteroatoms. The second-order valence-corrected chi connectivity index (χ2v) is 20.3. The first kappa shape index (κ1) is 46.2. The predicted octanol–water partition coefficient (Wildman–Crippen LogP) is 9.86. The highest BCUT2D eigenvalue weighted by molar-refractivity contribution is 5.64. The van der Waals surface area contributed by atoms with Crippen LogP contribution in [0, 0.1) is 46.3 Å². The number of hydrogen-bond donors (Lipinski definition) is 3. The zero-order valence-corrected chi connectivity index (χ0v) is 36.4. The number of benzene rings is 1. The summed E-state index contributed by atoms with van der Waals surface area (Å²) in [5.41, 5.74) is 1.29. The quantitative estimate of drug-likeness (QED) is 0.0855. The summed E-state index contributed by atoms with van der Waals surface area (Å²) in [5, 5.41) is 43.9. The Morgan fingerprint density at radius 1 is 0.800 bits per heavy atom. The normalized spacial score (nSPS) is 33.5. The molecule has 4 unspecified atom stereocenters. The smallest absolute Gasteiger partial charge is 0.104 e. The number of aliphatic hydroxyl groups excluding tert-OH is 3. The van der Waals surface area contributed by atoms with E-state index in [4.69, 9.17) is 0 Å². The number of carbonyl (C=O) groups is 1. The fourth-order valence-corrected chi connectivity index (χ4v) is 12.6. The molecule has 4 saturated carbocycles. The minimum absolute atomic E-state index is 0.0747. The van der Waals surface area contributed by atoms with Gasteiger partial charge in [-0.25, -0.2) is 0 Å². The zero-order chi connectivity index (χ0) is 40.1. The van der Waals surface area contributed by atoms with E-state index in [-0.39, 0.29) is 53.1 Å². The van der Waals surface area contributed by atoms with Crippen LogP contribution in [0.1, 0.15) is 181 Å². The summed E-state index contributed by atoms with van der Waals surface area (Å²) in [7, 11) is 4.74. The molecule has 0 saturated heterocycles. The minimum atomic E-state index is -0.998. The Balaban J connectivity index is 0.000000247. The molecule has 0 radical (unpaired) electrons. The van der Waals surface area contributed by atoms with E-state index < -0.39 is 12.1 Å². The van der Waals surface area contributed by atoms with Crippen molar-refractivity contribution in [3.63, 3.8) is 0 Å². The molecule has 1 aromatic rings. The number of quaternary nitrogens is 1. The predicted molar refractivity (Wildman–Crippen MR) is 225 cm³/mol. The third-order valence-corrected chi connectivity index (χ3v) is 15.9. The van der Waals surface area contributed by atoms with E-state index in [0.29, 0.717) is 18.3 Å². The molecule has 0 aromatic heterocycles. The fourth-order valence-electron chi connectivity index (χ4n) is 12.6. The van der Waals surface area contributed by atoms with E-state index in [1.165, 1.54) is 102 Å². The third kappa shape index (κ3) is 12.8. The minimum Gasteiger partial charge on any atom is -0.550 e. The van der Waals surface area contributed by atoms with Gasteiger partial charge < -0.3 is 29.7 Å². The zero-order valence-electron chi connectivity index (χ0n) is 36.4. The number of fused-ring (bicyclic) bond motifs is 5. The van der Waals surface area contributed by atoms with Crippen molar-refractivity contribution >= 4 is 5.97 Å². The van der Waals surface area contributed by atoms with Gasteiger partial charge in [0.25, 0.3) is 0 Å². The highest BCUT2D eigenvalue weighted by Crippen LogP contribution is 2.68. The lowest BCUT2D eigenvalue weighted by Crippen LogP contribution is -2.62. The molecule has 3 N–H and O–H groups in total. The van der Waals surface area contributed by atoms with Crippen molar-refractivity contribution in [3.8, 4) is 0 Å². The van der Waals surface area contributed by atoms with E-state index in [9.17, 15) is 25.2 Å². The van der Waals surface area contributed by atoms with Crippen LogP contribution in [-0.4, -0.2) is 64.7 Å². The lowest BCUT2D eigenvalue weighted by molar-refractivity contribution is -0.903. The number of nitrogens with zero attached hydrogens (tertiary/aromatic N) is 1. The first-order chi connectivity index (χ1) is 26.2. The Bertz CT molecular complexity index is 1240. The number of carboxylic acids is 1. The molecule has 0 spiro atoms. The van der Waals surface area contributed by atoms with Gasteiger partial charge in [-0.3, -0.25) is 0 Å². The standard InChI is InChI=1S/C25H46N.C24H40O5/c1-4-5-6-7-8-9-10-11-12-13-14-15-16-20-23-26(2,3)24-25-21-18-17-19-22-25;1-13(4-7-21(28)29)16-5-6-17-22-18(12-20(27)24(16,17)3)23(2)9-8-15(25)10-14(23)11-19(22)26/h17-19,21-22H,4-16,20,23-24H2,1-3H3;13-20,22,25-27H,4-12H2,1-3H3,(H,28,29)/q+1;/p-1/t;13-,14+,15-,16-,17?,18?,19?,20+,22?,23+,24-/m.1/s1. The fraction of sp³-hybridized carbons (Fsp3) is 0.857. The molecule has 0 amide bonds. The average Bonchev–Trinajstić information content (AvgIpc) is 3.50. The van der Waals surface area contributed by atoms with Crippen LogP contribution in [0.15, 0.2) is 30.3 Å². The van der Waals surface area contributed by atoms with Gasteiger partial charge in [0.2, 0.25) is 0 Å². The summed E-state index contributed by atoms with van der Waals surface area (Å²) in [5.74, 6) is 0.635. The number of rotatable bonds is 21. The van der Waals surface area contributed by atoms with Crippen LogP contribution in [0.2, 0.25) is 0 Å².